The van der Waals surface area contributed by atoms with Gasteiger partial charge in [0.15, 0.2) is 9.76 Å². The first-order chi connectivity index (χ1) is 6.18. The topological polar surface area (TPSA) is 9.23 Å². The Kier molecular flexibility index (Phi) is 8.39. The van der Waals surface area contributed by atoms with Gasteiger partial charge in [-0.1, -0.05) is 55.0 Å². The standard InChI is InChI=1S/C10H21IOSi/c1-4-5-7-10(2,12-13-3)8-6-9-11/h6,9H,4-5,7-8,13H2,1-3H3/b9-6+. The molecule has 13 heavy (non-hydrogen) atoms. The zero-order valence-electron chi connectivity index (χ0n) is 8.98. The molecule has 78 valence electrons. The molecule has 0 radical (unpaired) electrons. The molecular weight excluding hydrogens is 291 g/mol. The highest BCUT2D eigenvalue weighted by Crippen LogP contribution is 2.23. The van der Waals surface area contributed by atoms with Crippen LogP contribution in [0.5, 0.6) is 0 Å². The molecule has 3 heteroatoms. The number of hydrogen-bond acceptors (Lipinski definition) is 1. The maximum Gasteiger partial charge on any atom is 0.159 e. The molecule has 1 unspecified atom stereocenters. The van der Waals surface area contributed by atoms with Crippen LogP contribution in [-0.4, -0.2) is 15.4 Å². The molecule has 1 atom stereocenters. The van der Waals surface area contributed by atoms with Crippen molar-refractivity contribution in [1.82, 2.24) is 0 Å². The van der Waals surface area contributed by atoms with Crippen LogP contribution in [0, 0.1) is 0 Å². The van der Waals surface area contributed by atoms with Gasteiger partial charge >= 0.3 is 0 Å². The van der Waals surface area contributed by atoms with E-state index in [-0.39, 0.29) is 15.4 Å². The average Bonchev–Trinajstić information content (AvgIpc) is 2.12. The molecule has 0 heterocycles. The Balaban J connectivity index is 3.98. The Morgan fingerprint density at radius 2 is 2.23 bits per heavy atom. The van der Waals surface area contributed by atoms with E-state index in [9.17, 15) is 0 Å². The molecule has 0 bridgehead atoms. The molecule has 0 aliphatic carbocycles. The fourth-order valence-corrected chi connectivity index (χ4v) is 2.64. The van der Waals surface area contributed by atoms with E-state index >= 15 is 0 Å². The quantitative estimate of drug-likeness (QED) is 0.517. The Morgan fingerprint density at radius 3 is 2.69 bits per heavy atom. The van der Waals surface area contributed by atoms with Crippen LogP contribution in [-0.2, 0) is 4.43 Å². The van der Waals surface area contributed by atoms with E-state index in [0.29, 0.717) is 0 Å². The second-order valence-corrected chi connectivity index (χ2v) is 5.14. The van der Waals surface area contributed by atoms with Crippen molar-refractivity contribution < 1.29 is 4.43 Å². The van der Waals surface area contributed by atoms with Gasteiger partial charge in [0.1, 0.15) is 0 Å². The highest BCUT2D eigenvalue weighted by atomic mass is 127. The first kappa shape index (κ1) is 13.6. The molecule has 0 aromatic rings. The van der Waals surface area contributed by atoms with Crippen LogP contribution in [0.1, 0.15) is 39.5 Å². The molecule has 0 amide bonds. The van der Waals surface area contributed by atoms with Crippen molar-refractivity contribution in [3.63, 3.8) is 0 Å². The Morgan fingerprint density at radius 1 is 1.54 bits per heavy atom. The summed E-state index contributed by atoms with van der Waals surface area (Å²) >= 11 is 2.27. The molecular formula is C10H21IOSi. The summed E-state index contributed by atoms with van der Waals surface area (Å²) < 4.78 is 8.00. The van der Waals surface area contributed by atoms with Gasteiger partial charge in [-0.3, -0.25) is 0 Å². The first-order valence-electron chi connectivity index (χ1n) is 5.07. The first-order valence-corrected chi connectivity index (χ1v) is 8.31. The maximum absolute atomic E-state index is 5.92. The summed E-state index contributed by atoms with van der Waals surface area (Å²) in [6.07, 6.45) is 7.01. The van der Waals surface area contributed by atoms with E-state index in [1.54, 1.807) is 0 Å². The minimum Gasteiger partial charge on any atom is -0.419 e. The van der Waals surface area contributed by atoms with Crippen molar-refractivity contribution >= 4 is 32.4 Å². The molecule has 0 saturated carbocycles. The number of unbranched alkanes of at least 4 members (excludes halogenated alkanes) is 1. The number of halogens is 1. The van der Waals surface area contributed by atoms with Gasteiger partial charge < -0.3 is 4.43 Å². The monoisotopic (exact) mass is 312 g/mol. The summed E-state index contributed by atoms with van der Waals surface area (Å²) in [7, 11) is -0.282. The Hall–Kier alpha value is 0.647. The van der Waals surface area contributed by atoms with E-state index < -0.39 is 0 Å². The molecule has 0 saturated heterocycles. The summed E-state index contributed by atoms with van der Waals surface area (Å²) in [5.74, 6) is 0. The van der Waals surface area contributed by atoms with Crippen LogP contribution in [0.15, 0.2) is 10.2 Å². The summed E-state index contributed by atoms with van der Waals surface area (Å²) in [5, 5.41) is 0. The second kappa shape index (κ2) is 8.00. The smallest absolute Gasteiger partial charge is 0.159 e. The average molecular weight is 312 g/mol. The Bertz CT molecular complexity index is 150. The van der Waals surface area contributed by atoms with Crippen molar-refractivity contribution in [3.8, 4) is 0 Å². The fourth-order valence-electron chi connectivity index (χ4n) is 1.43. The van der Waals surface area contributed by atoms with Crippen LogP contribution >= 0.6 is 22.6 Å². The van der Waals surface area contributed by atoms with Gasteiger partial charge in [0, 0.05) is 0 Å². The van der Waals surface area contributed by atoms with Gasteiger partial charge in [0.25, 0.3) is 0 Å². The van der Waals surface area contributed by atoms with Crippen molar-refractivity contribution in [1.29, 1.82) is 0 Å². The summed E-state index contributed by atoms with van der Waals surface area (Å²) in [5.41, 5.74) is 0.124. The zero-order valence-corrected chi connectivity index (χ0v) is 12.5. The van der Waals surface area contributed by atoms with Gasteiger partial charge in [-0.15, -0.1) is 0 Å². The molecule has 0 N–H and O–H groups in total. The zero-order chi connectivity index (χ0) is 10.2. The van der Waals surface area contributed by atoms with Gasteiger partial charge in [-0.25, -0.2) is 0 Å². The highest BCUT2D eigenvalue weighted by molar-refractivity contribution is 14.1. The molecule has 0 fully saturated rings. The molecule has 0 aliphatic heterocycles. The normalized spacial score (nSPS) is 17.2. The van der Waals surface area contributed by atoms with Crippen molar-refractivity contribution in [2.75, 3.05) is 0 Å². The SMILES string of the molecule is CCCCC(C)(C/C=C/I)O[SiH2]C. The van der Waals surface area contributed by atoms with E-state index in [0.717, 1.165) is 6.42 Å². The minimum atomic E-state index is -0.282. The third-order valence-electron chi connectivity index (χ3n) is 2.19. The van der Waals surface area contributed by atoms with Crippen LogP contribution < -0.4 is 0 Å². The fraction of sp³-hybridized carbons (Fsp3) is 0.800. The van der Waals surface area contributed by atoms with Gasteiger partial charge in [-0.05, 0) is 23.8 Å². The van der Waals surface area contributed by atoms with Crippen LogP contribution in [0.4, 0.5) is 0 Å². The molecule has 0 spiro atoms. The highest BCUT2D eigenvalue weighted by Gasteiger charge is 2.21. The summed E-state index contributed by atoms with van der Waals surface area (Å²) in [6, 6.07) is 0. The van der Waals surface area contributed by atoms with E-state index in [1.165, 1.54) is 19.3 Å². The maximum atomic E-state index is 5.92. The van der Waals surface area contributed by atoms with E-state index in [2.05, 4.69) is 53.1 Å². The van der Waals surface area contributed by atoms with Crippen LogP contribution in [0.2, 0.25) is 6.55 Å². The van der Waals surface area contributed by atoms with Crippen molar-refractivity contribution in [2.24, 2.45) is 0 Å². The third kappa shape index (κ3) is 6.68. The second-order valence-electron chi connectivity index (χ2n) is 3.55. The molecule has 0 rings (SSSR count). The van der Waals surface area contributed by atoms with Crippen LogP contribution in [0.25, 0.3) is 0 Å². The number of hydrogen-bond donors (Lipinski definition) is 0. The molecule has 0 aromatic heterocycles. The van der Waals surface area contributed by atoms with Crippen molar-refractivity contribution in [3.05, 3.63) is 10.2 Å². The summed E-state index contributed by atoms with van der Waals surface area (Å²) in [6.45, 7) is 6.69. The summed E-state index contributed by atoms with van der Waals surface area (Å²) in [4.78, 5) is 0. The molecule has 0 aliphatic rings. The lowest BCUT2D eigenvalue weighted by molar-refractivity contribution is 0.0859. The van der Waals surface area contributed by atoms with E-state index in [1.807, 2.05) is 0 Å². The molecule has 1 nitrogen and oxygen atoms in total. The number of rotatable bonds is 7. The largest absolute Gasteiger partial charge is 0.419 e. The minimum absolute atomic E-state index is 0.124. The van der Waals surface area contributed by atoms with Crippen molar-refractivity contribution in [2.45, 2.75) is 51.7 Å². The Labute approximate surface area is 98.4 Å². The van der Waals surface area contributed by atoms with Gasteiger partial charge in [-0.2, -0.15) is 0 Å². The van der Waals surface area contributed by atoms with Gasteiger partial charge in [0.2, 0.25) is 0 Å². The lowest BCUT2D eigenvalue weighted by atomic mass is 9.96. The predicted molar refractivity (Wildman–Crippen MR) is 71.2 cm³/mol. The molecule has 0 aromatic carbocycles. The van der Waals surface area contributed by atoms with E-state index in [4.69, 9.17) is 4.43 Å². The lowest BCUT2D eigenvalue weighted by Gasteiger charge is -2.29. The predicted octanol–water partition coefficient (Wildman–Crippen LogP) is 3.42. The van der Waals surface area contributed by atoms with Gasteiger partial charge in [0.05, 0.1) is 5.60 Å². The van der Waals surface area contributed by atoms with Crippen LogP contribution in [0.3, 0.4) is 0 Å². The lowest BCUT2D eigenvalue weighted by Crippen LogP contribution is -2.29. The third-order valence-corrected chi connectivity index (χ3v) is 3.68.